The fraction of sp³-hybridized carbons (Fsp3) is 0.316. The first kappa shape index (κ1) is 23.1. The van der Waals surface area contributed by atoms with E-state index in [1.165, 1.54) is 26.2 Å². The van der Waals surface area contributed by atoms with E-state index in [0.29, 0.717) is 0 Å². The summed E-state index contributed by atoms with van der Waals surface area (Å²) in [6.45, 7) is 3.49. The predicted octanol–water partition coefficient (Wildman–Crippen LogP) is 2.41. The maximum Gasteiger partial charge on any atom is 0.244 e. The Kier molecular flexibility index (Phi) is 7.57. The van der Waals surface area contributed by atoms with Crippen LogP contribution in [0.1, 0.15) is 31.0 Å². The van der Waals surface area contributed by atoms with Gasteiger partial charge in [-0.25, -0.2) is 12.7 Å². The molecule has 0 heterocycles. The molecule has 0 bridgehead atoms. The van der Waals surface area contributed by atoms with E-state index in [-0.39, 0.29) is 29.3 Å². The number of nitrogens with one attached hydrogen (secondary N) is 1. The van der Waals surface area contributed by atoms with E-state index in [1.807, 2.05) is 37.3 Å². The molecule has 0 radical (unpaired) electrons. The second kappa shape index (κ2) is 8.84. The van der Waals surface area contributed by atoms with Gasteiger partial charge in [0.1, 0.15) is 5.54 Å². The molecular weight excluding hydrogens is 386 g/mol. The van der Waals surface area contributed by atoms with E-state index in [9.17, 15) is 13.2 Å². The molecule has 8 heteroatoms. The predicted molar refractivity (Wildman–Crippen MR) is 109 cm³/mol. The monoisotopic (exact) mass is 411 g/mol. The van der Waals surface area contributed by atoms with Crippen LogP contribution in [-0.2, 0) is 20.4 Å². The van der Waals surface area contributed by atoms with Gasteiger partial charge in [0.15, 0.2) is 0 Å². The largest absolute Gasteiger partial charge is 0.348 e. The van der Waals surface area contributed by atoms with E-state index in [2.05, 4.69) is 5.32 Å². The van der Waals surface area contributed by atoms with E-state index in [1.54, 1.807) is 19.1 Å². The van der Waals surface area contributed by atoms with Crippen LogP contribution < -0.4 is 11.1 Å². The molecule has 0 aliphatic rings. The van der Waals surface area contributed by atoms with Gasteiger partial charge in [-0.1, -0.05) is 42.5 Å². The average molecular weight is 412 g/mol. The average Bonchev–Trinajstić information content (AvgIpc) is 2.62. The van der Waals surface area contributed by atoms with Gasteiger partial charge in [-0.2, -0.15) is 0 Å². The number of benzene rings is 2. The molecule has 1 amide bonds. The van der Waals surface area contributed by atoms with E-state index in [0.717, 1.165) is 15.4 Å². The van der Waals surface area contributed by atoms with Crippen LogP contribution in [0, 0.1) is 0 Å². The minimum absolute atomic E-state index is 0. The van der Waals surface area contributed by atoms with Crippen molar-refractivity contribution in [1.29, 1.82) is 0 Å². The molecule has 2 rings (SSSR count). The fourth-order valence-electron chi connectivity index (χ4n) is 2.48. The SMILES string of the molecule is CC(NC(=O)C(C)(N)c1ccccc1)c1ccc(S(=O)(=O)N(C)C)cc1.Cl. The van der Waals surface area contributed by atoms with Gasteiger partial charge in [0, 0.05) is 14.1 Å². The minimum Gasteiger partial charge on any atom is -0.348 e. The molecule has 0 spiro atoms. The molecule has 148 valence electrons. The van der Waals surface area contributed by atoms with Gasteiger partial charge >= 0.3 is 0 Å². The Morgan fingerprint density at radius 1 is 1.07 bits per heavy atom. The number of hydrogen-bond donors (Lipinski definition) is 2. The van der Waals surface area contributed by atoms with Gasteiger partial charge in [-0.3, -0.25) is 4.79 Å². The Morgan fingerprint density at radius 2 is 1.59 bits per heavy atom. The Labute approximate surface area is 167 Å². The third-order valence-electron chi connectivity index (χ3n) is 4.35. The quantitative estimate of drug-likeness (QED) is 0.763. The zero-order chi connectivity index (χ0) is 19.5. The van der Waals surface area contributed by atoms with Crippen molar-refractivity contribution in [3.8, 4) is 0 Å². The summed E-state index contributed by atoms with van der Waals surface area (Å²) in [6, 6.07) is 15.3. The third-order valence-corrected chi connectivity index (χ3v) is 6.18. The first-order chi connectivity index (χ1) is 12.1. The Hall–Kier alpha value is -1.93. The van der Waals surface area contributed by atoms with Crippen LogP contribution in [0.3, 0.4) is 0 Å². The van der Waals surface area contributed by atoms with Crippen molar-refractivity contribution in [3.63, 3.8) is 0 Å². The zero-order valence-electron chi connectivity index (χ0n) is 15.8. The summed E-state index contributed by atoms with van der Waals surface area (Å²) in [4.78, 5) is 12.8. The molecule has 0 fully saturated rings. The molecule has 0 saturated heterocycles. The lowest BCUT2D eigenvalue weighted by atomic mass is 9.91. The summed E-state index contributed by atoms with van der Waals surface area (Å²) in [5.41, 5.74) is 6.57. The van der Waals surface area contributed by atoms with Gasteiger partial charge in [-0.15, -0.1) is 12.4 Å². The Balaban J connectivity index is 0.00000364. The molecule has 2 aromatic rings. The van der Waals surface area contributed by atoms with Crippen LogP contribution in [0.2, 0.25) is 0 Å². The van der Waals surface area contributed by atoms with Gasteiger partial charge in [0.2, 0.25) is 15.9 Å². The molecular formula is C19H26ClN3O3S. The van der Waals surface area contributed by atoms with Crippen LogP contribution >= 0.6 is 12.4 Å². The summed E-state index contributed by atoms with van der Waals surface area (Å²) >= 11 is 0. The van der Waals surface area contributed by atoms with Crippen molar-refractivity contribution in [2.24, 2.45) is 5.73 Å². The standard InChI is InChI=1S/C19H25N3O3S.ClH/c1-14(15-10-12-17(13-11-15)26(24,25)22(3)4)21-18(23)19(2,20)16-8-6-5-7-9-16;/h5-14H,20H2,1-4H3,(H,21,23);1H. The number of amides is 1. The molecule has 0 aliphatic carbocycles. The highest BCUT2D eigenvalue weighted by atomic mass is 35.5. The minimum atomic E-state index is -3.48. The van der Waals surface area contributed by atoms with Crippen LogP contribution in [0.4, 0.5) is 0 Å². The molecule has 0 aliphatic heterocycles. The summed E-state index contributed by atoms with van der Waals surface area (Å²) in [5.74, 6) is -0.304. The van der Waals surface area contributed by atoms with Crippen LogP contribution in [0.5, 0.6) is 0 Å². The van der Waals surface area contributed by atoms with Crippen molar-refractivity contribution in [1.82, 2.24) is 9.62 Å². The van der Waals surface area contributed by atoms with Gasteiger partial charge < -0.3 is 11.1 Å². The number of carbonyl (C=O) groups is 1. The topological polar surface area (TPSA) is 92.5 Å². The van der Waals surface area contributed by atoms with E-state index >= 15 is 0 Å². The maximum atomic E-state index is 12.6. The number of nitrogens with two attached hydrogens (primary N) is 1. The van der Waals surface area contributed by atoms with Gasteiger partial charge in [0.05, 0.1) is 10.9 Å². The molecule has 2 aromatic carbocycles. The normalized spacial score (nSPS) is 14.7. The Bertz CT molecular complexity index is 867. The third kappa shape index (κ3) is 5.07. The fourth-order valence-corrected chi connectivity index (χ4v) is 3.39. The number of nitrogens with zero attached hydrogens (tertiary/aromatic N) is 1. The molecule has 0 saturated carbocycles. The Morgan fingerprint density at radius 3 is 2.07 bits per heavy atom. The maximum absolute atomic E-state index is 12.6. The van der Waals surface area contributed by atoms with E-state index in [4.69, 9.17) is 5.73 Å². The van der Waals surface area contributed by atoms with Gasteiger partial charge in [0.25, 0.3) is 0 Å². The second-order valence-corrected chi connectivity index (χ2v) is 8.77. The highest BCUT2D eigenvalue weighted by molar-refractivity contribution is 7.89. The summed E-state index contributed by atoms with van der Waals surface area (Å²) in [7, 11) is -0.508. The number of sulfonamides is 1. The summed E-state index contributed by atoms with van der Waals surface area (Å²) in [5, 5.41) is 2.89. The lowest BCUT2D eigenvalue weighted by molar-refractivity contribution is -0.126. The highest BCUT2D eigenvalue weighted by Crippen LogP contribution is 2.21. The molecule has 0 aromatic heterocycles. The van der Waals surface area contributed by atoms with Crippen molar-refractivity contribution in [3.05, 3.63) is 65.7 Å². The van der Waals surface area contributed by atoms with Crippen molar-refractivity contribution < 1.29 is 13.2 Å². The van der Waals surface area contributed by atoms with E-state index < -0.39 is 15.6 Å². The number of rotatable bonds is 6. The van der Waals surface area contributed by atoms with Crippen LogP contribution in [0.25, 0.3) is 0 Å². The number of carbonyl (C=O) groups excluding carboxylic acids is 1. The number of halogens is 1. The summed E-state index contributed by atoms with van der Waals surface area (Å²) in [6.07, 6.45) is 0. The molecule has 6 nitrogen and oxygen atoms in total. The lowest BCUT2D eigenvalue weighted by Gasteiger charge is -2.26. The zero-order valence-corrected chi connectivity index (χ0v) is 17.5. The summed E-state index contributed by atoms with van der Waals surface area (Å²) < 4.78 is 25.4. The molecule has 27 heavy (non-hydrogen) atoms. The van der Waals surface area contributed by atoms with Crippen molar-refractivity contribution in [2.45, 2.75) is 30.3 Å². The van der Waals surface area contributed by atoms with Crippen molar-refractivity contribution >= 4 is 28.3 Å². The lowest BCUT2D eigenvalue weighted by Crippen LogP contribution is -2.49. The van der Waals surface area contributed by atoms with Crippen LogP contribution in [-0.4, -0.2) is 32.7 Å². The van der Waals surface area contributed by atoms with Gasteiger partial charge in [-0.05, 0) is 37.1 Å². The first-order valence-electron chi connectivity index (χ1n) is 8.24. The van der Waals surface area contributed by atoms with Crippen molar-refractivity contribution in [2.75, 3.05) is 14.1 Å². The number of hydrogen-bond acceptors (Lipinski definition) is 4. The van der Waals surface area contributed by atoms with Crippen LogP contribution in [0.15, 0.2) is 59.5 Å². The molecule has 3 N–H and O–H groups in total. The molecule has 2 unspecified atom stereocenters. The first-order valence-corrected chi connectivity index (χ1v) is 9.68. The second-order valence-electron chi connectivity index (χ2n) is 6.62. The highest BCUT2D eigenvalue weighted by Gasteiger charge is 2.31. The molecule has 2 atom stereocenters. The smallest absolute Gasteiger partial charge is 0.244 e.